The fourth-order valence-electron chi connectivity index (χ4n) is 3.02. The zero-order valence-corrected chi connectivity index (χ0v) is 15.1. The third kappa shape index (κ3) is 5.76. The largest absolute Gasteiger partial charge is 0.490 e. The Kier molecular flexibility index (Phi) is 7.28. The molecule has 1 unspecified atom stereocenters. The number of likely N-dealkylation sites (tertiary alicyclic amines) is 1. The maximum atomic E-state index is 12.5. The normalized spacial score (nSPS) is 18.4. The zero-order chi connectivity index (χ0) is 18.2. The molecule has 0 amide bonds. The van der Waals surface area contributed by atoms with Gasteiger partial charge in [-0.15, -0.1) is 0 Å². The molecule has 7 heteroatoms. The van der Waals surface area contributed by atoms with Crippen molar-refractivity contribution >= 4 is 5.96 Å². The number of halogens is 2. The van der Waals surface area contributed by atoms with Crippen LogP contribution in [0.25, 0.3) is 0 Å². The molecule has 25 heavy (non-hydrogen) atoms. The molecule has 2 rings (SSSR count). The summed E-state index contributed by atoms with van der Waals surface area (Å²) in [4.78, 5) is 6.61. The lowest BCUT2D eigenvalue weighted by Crippen LogP contribution is -2.45. The molecule has 0 aromatic heterocycles. The Hall–Kier alpha value is -2.05. The van der Waals surface area contributed by atoms with Crippen molar-refractivity contribution in [2.24, 2.45) is 10.9 Å². The van der Waals surface area contributed by atoms with Gasteiger partial charge in [0.15, 0.2) is 17.5 Å². The van der Waals surface area contributed by atoms with E-state index in [9.17, 15) is 8.78 Å². The minimum absolute atomic E-state index is 0.0508. The van der Waals surface area contributed by atoms with Gasteiger partial charge < -0.3 is 19.7 Å². The van der Waals surface area contributed by atoms with Gasteiger partial charge in [0.25, 0.3) is 0 Å². The van der Waals surface area contributed by atoms with Gasteiger partial charge in [-0.25, -0.2) is 0 Å². The standard InChI is InChI=1S/C18H27F2N3O2/c1-4-24-16-10-14(7-8-15(16)25-17(19)20)11-22-18(21-3)23-9-5-6-13(2)12-23/h7-8,10,13,17H,4-6,9,11-12H2,1-3H3,(H,21,22). The number of nitrogens with one attached hydrogen (secondary N) is 1. The van der Waals surface area contributed by atoms with E-state index in [4.69, 9.17) is 4.74 Å². The monoisotopic (exact) mass is 355 g/mol. The summed E-state index contributed by atoms with van der Waals surface area (Å²) >= 11 is 0. The molecule has 1 heterocycles. The highest BCUT2D eigenvalue weighted by Gasteiger charge is 2.19. The van der Waals surface area contributed by atoms with Gasteiger partial charge in [-0.2, -0.15) is 8.78 Å². The highest BCUT2D eigenvalue weighted by atomic mass is 19.3. The lowest BCUT2D eigenvalue weighted by Gasteiger charge is -2.33. The van der Waals surface area contributed by atoms with Gasteiger partial charge in [-0.05, 0) is 43.4 Å². The molecule has 1 atom stereocenters. The van der Waals surface area contributed by atoms with Crippen LogP contribution in [0.15, 0.2) is 23.2 Å². The maximum absolute atomic E-state index is 12.5. The Bertz CT molecular complexity index is 581. The smallest absolute Gasteiger partial charge is 0.387 e. The van der Waals surface area contributed by atoms with Gasteiger partial charge >= 0.3 is 6.61 Å². The van der Waals surface area contributed by atoms with E-state index in [2.05, 4.69) is 26.9 Å². The van der Waals surface area contributed by atoms with Crippen LogP contribution >= 0.6 is 0 Å². The SMILES string of the molecule is CCOc1cc(CNC(=NC)N2CCCC(C)C2)ccc1OC(F)F. The van der Waals surface area contributed by atoms with E-state index in [1.165, 1.54) is 12.5 Å². The quantitative estimate of drug-likeness (QED) is 0.627. The fourth-order valence-corrected chi connectivity index (χ4v) is 3.02. The van der Waals surface area contributed by atoms with Crippen LogP contribution < -0.4 is 14.8 Å². The van der Waals surface area contributed by atoms with Crippen molar-refractivity contribution in [2.45, 2.75) is 39.8 Å². The average molecular weight is 355 g/mol. The van der Waals surface area contributed by atoms with Crippen molar-refractivity contribution in [3.8, 4) is 11.5 Å². The lowest BCUT2D eigenvalue weighted by atomic mass is 10.0. The van der Waals surface area contributed by atoms with E-state index in [1.54, 1.807) is 26.1 Å². The number of piperidine rings is 1. The van der Waals surface area contributed by atoms with Gasteiger partial charge in [0.1, 0.15) is 0 Å². The van der Waals surface area contributed by atoms with Crippen molar-refractivity contribution in [3.05, 3.63) is 23.8 Å². The molecule has 1 aliphatic rings. The number of rotatable bonds is 6. The van der Waals surface area contributed by atoms with Crippen molar-refractivity contribution in [1.82, 2.24) is 10.2 Å². The second-order valence-electron chi connectivity index (χ2n) is 6.19. The van der Waals surface area contributed by atoms with E-state index in [1.807, 2.05) is 0 Å². The first-order valence-corrected chi connectivity index (χ1v) is 8.69. The molecule has 5 nitrogen and oxygen atoms in total. The molecule has 1 saturated heterocycles. The van der Waals surface area contributed by atoms with E-state index >= 15 is 0 Å². The molecule has 1 fully saturated rings. The van der Waals surface area contributed by atoms with Crippen molar-refractivity contribution in [1.29, 1.82) is 0 Å². The number of hydrogen-bond donors (Lipinski definition) is 1. The first-order chi connectivity index (χ1) is 12.0. The summed E-state index contributed by atoms with van der Waals surface area (Å²) < 4.78 is 34.8. The topological polar surface area (TPSA) is 46.1 Å². The molecule has 0 spiro atoms. The Morgan fingerprint density at radius 2 is 2.20 bits per heavy atom. The Morgan fingerprint density at radius 3 is 2.84 bits per heavy atom. The molecule has 1 aromatic carbocycles. The number of hydrogen-bond acceptors (Lipinski definition) is 3. The zero-order valence-electron chi connectivity index (χ0n) is 15.1. The molecule has 1 aliphatic heterocycles. The highest BCUT2D eigenvalue weighted by molar-refractivity contribution is 5.80. The van der Waals surface area contributed by atoms with Crippen LogP contribution in [0.1, 0.15) is 32.3 Å². The van der Waals surface area contributed by atoms with E-state index in [0.29, 0.717) is 24.8 Å². The number of nitrogens with zero attached hydrogens (tertiary/aromatic N) is 2. The van der Waals surface area contributed by atoms with Gasteiger partial charge in [0.05, 0.1) is 6.61 Å². The lowest BCUT2D eigenvalue weighted by molar-refractivity contribution is -0.0514. The molecule has 0 radical (unpaired) electrons. The summed E-state index contributed by atoms with van der Waals surface area (Å²) in [6.45, 7) is 4.08. The minimum Gasteiger partial charge on any atom is -0.490 e. The Balaban J connectivity index is 2.02. The maximum Gasteiger partial charge on any atom is 0.387 e. The fraction of sp³-hybridized carbons (Fsp3) is 0.611. The van der Waals surface area contributed by atoms with Crippen molar-refractivity contribution in [3.63, 3.8) is 0 Å². The average Bonchev–Trinajstić information content (AvgIpc) is 2.57. The number of guanidine groups is 1. The molecular weight excluding hydrogens is 328 g/mol. The summed E-state index contributed by atoms with van der Waals surface area (Å²) in [5.74, 6) is 1.89. The van der Waals surface area contributed by atoms with E-state index < -0.39 is 6.61 Å². The van der Waals surface area contributed by atoms with Crippen LogP contribution in [0.2, 0.25) is 0 Å². The number of alkyl halides is 2. The van der Waals surface area contributed by atoms with Gasteiger partial charge in [-0.3, -0.25) is 4.99 Å². The van der Waals surface area contributed by atoms with E-state index in [-0.39, 0.29) is 5.75 Å². The third-order valence-electron chi connectivity index (χ3n) is 4.14. The van der Waals surface area contributed by atoms with Crippen LogP contribution in [0, 0.1) is 5.92 Å². The Morgan fingerprint density at radius 1 is 1.40 bits per heavy atom. The third-order valence-corrected chi connectivity index (χ3v) is 4.14. The van der Waals surface area contributed by atoms with Crippen LogP contribution in [0.3, 0.4) is 0 Å². The first-order valence-electron chi connectivity index (χ1n) is 8.69. The van der Waals surface area contributed by atoms with E-state index in [0.717, 1.165) is 31.0 Å². The van der Waals surface area contributed by atoms with Gasteiger partial charge in [0, 0.05) is 26.7 Å². The van der Waals surface area contributed by atoms with Crippen molar-refractivity contribution < 1.29 is 18.3 Å². The summed E-state index contributed by atoms with van der Waals surface area (Å²) in [5.41, 5.74) is 0.913. The summed E-state index contributed by atoms with van der Waals surface area (Å²) in [5, 5.41) is 3.34. The molecule has 1 aromatic rings. The minimum atomic E-state index is -2.87. The van der Waals surface area contributed by atoms with Crippen LogP contribution in [0.4, 0.5) is 8.78 Å². The Labute approximate surface area is 148 Å². The highest BCUT2D eigenvalue weighted by Crippen LogP contribution is 2.30. The van der Waals surface area contributed by atoms with Crippen LogP contribution in [0.5, 0.6) is 11.5 Å². The second kappa shape index (κ2) is 9.44. The predicted octanol–water partition coefficient (Wildman–Crippen LogP) is 3.49. The molecule has 140 valence electrons. The summed E-state index contributed by atoms with van der Waals surface area (Å²) in [7, 11) is 1.77. The molecule has 0 saturated carbocycles. The molecule has 0 bridgehead atoms. The molecular formula is C18H27F2N3O2. The van der Waals surface area contributed by atoms with Crippen LogP contribution in [-0.4, -0.2) is 44.2 Å². The molecule has 0 aliphatic carbocycles. The summed E-state index contributed by atoms with van der Waals surface area (Å²) in [6.07, 6.45) is 2.41. The number of ether oxygens (including phenoxy) is 2. The second-order valence-corrected chi connectivity index (χ2v) is 6.19. The summed E-state index contributed by atoms with van der Waals surface area (Å²) in [6, 6.07) is 4.99. The predicted molar refractivity (Wildman–Crippen MR) is 94.4 cm³/mol. The molecule has 1 N–H and O–H groups in total. The number of benzene rings is 1. The van der Waals surface area contributed by atoms with Gasteiger partial charge in [-0.1, -0.05) is 13.0 Å². The number of aliphatic imine (C=N–C) groups is 1. The first kappa shape index (κ1) is 19.3. The van der Waals surface area contributed by atoms with Gasteiger partial charge in [0.2, 0.25) is 0 Å². The van der Waals surface area contributed by atoms with Crippen LogP contribution in [-0.2, 0) is 6.54 Å². The van der Waals surface area contributed by atoms with Crippen molar-refractivity contribution in [2.75, 3.05) is 26.7 Å².